The maximum Gasteiger partial charge on any atom is 0.407 e. The molecule has 0 spiro atoms. The molecule has 0 aliphatic carbocycles. The maximum atomic E-state index is 12.8. The van der Waals surface area contributed by atoms with Crippen molar-refractivity contribution in [1.29, 1.82) is 0 Å². The molecule has 3 rings (SSSR count). The summed E-state index contributed by atoms with van der Waals surface area (Å²) in [5, 5.41) is 12.4. The highest BCUT2D eigenvalue weighted by Crippen LogP contribution is 2.27. The molecule has 1 aliphatic rings. The summed E-state index contributed by atoms with van der Waals surface area (Å²) in [6.07, 6.45) is 3.28. The van der Waals surface area contributed by atoms with Crippen molar-refractivity contribution in [2.45, 2.75) is 31.0 Å². The third-order valence-electron chi connectivity index (χ3n) is 5.17. The van der Waals surface area contributed by atoms with Crippen LogP contribution < -0.4 is 10.1 Å². The molecule has 1 aromatic carbocycles. The van der Waals surface area contributed by atoms with Gasteiger partial charge in [0.15, 0.2) is 5.16 Å². The number of likely N-dealkylation sites (tertiary alicyclic amines) is 1. The van der Waals surface area contributed by atoms with E-state index in [1.807, 2.05) is 36.6 Å². The van der Waals surface area contributed by atoms with Gasteiger partial charge in [-0.1, -0.05) is 53.7 Å². The summed E-state index contributed by atoms with van der Waals surface area (Å²) < 4.78 is 5.87. The first kappa shape index (κ1) is 23.1. The summed E-state index contributed by atoms with van der Waals surface area (Å²) in [5.41, 5.74) is 1.08. The Morgan fingerprint density at radius 1 is 1.26 bits per heavy atom. The van der Waals surface area contributed by atoms with Gasteiger partial charge in [0.1, 0.15) is 10.7 Å². The minimum atomic E-state index is -0.874. The van der Waals surface area contributed by atoms with Gasteiger partial charge in [0.05, 0.1) is 6.61 Å². The van der Waals surface area contributed by atoms with Crippen LogP contribution in [0.5, 0.6) is 5.88 Å². The van der Waals surface area contributed by atoms with E-state index in [0.29, 0.717) is 37.3 Å². The summed E-state index contributed by atoms with van der Waals surface area (Å²) in [6, 6.07) is 9.56. The summed E-state index contributed by atoms with van der Waals surface area (Å²) >= 11 is 7.61. The Balaban J connectivity index is 1.62. The number of nitrogens with zero attached hydrogens (tertiary/aromatic N) is 3. The van der Waals surface area contributed by atoms with E-state index in [0.717, 1.165) is 24.8 Å². The number of carbonyl (C=O) groups is 2. The zero-order valence-corrected chi connectivity index (χ0v) is 18.8. The highest BCUT2D eigenvalue weighted by Gasteiger charge is 2.24. The predicted octanol–water partition coefficient (Wildman–Crippen LogP) is 3.94. The van der Waals surface area contributed by atoms with Crippen LogP contribution in [0.25, 0.3) is 0 Å². The molecule has 0 saturated carbocycles. The van der Waals surface area contributed by atoms with Crippen molar-refractivity contribution in [3.05, 3.63) is 46.6 Å². The van der Waals surface area contributed by atoms with Gasteiger partial charge in [0, 0.05) is 19.6 Å². The highest BCUT2D eigenvalue weighted by molar-refractivity contribution is 7.98. The first-order chi connectivity index (χ1) is 15.0. The van der Waals surface area contributed by atoms with E-state index in [-0.39, 0.29) is 16.6 Å². The topological polar surface area (TPSA) is 105 Å². The molecule has 0 atom stereocenters. The van der Waals surface area contributed by atoms with Gasteiger partial charge in [0.2, 0.25) is 5.88 Å². The Hall–Kier alpha value is -2.52. The third-order valence-corrected chi connectivity index (χ3v) is 5.99. The summed E-state index contributed by atoms with van der Waals surface area (Å²) in [5.74, 6) is 0.132. The number of rotatable bonds is 8. The predicted molar refractivity (Wildman–Crippen MR) is 119 cm³/mol. The fraction of sp³-hybridized carbons (Fsp3) is 0.429. The van der Waals surface area contributed by atoms with Gasteiger partial charge in [-0.2, -0.15) is 4.98 Å². The number of amides is 2. The lowest BCUT2D eigenvalue weighted by molar-refractivity contribution is 0.0944. The van der Waals surface area contributed by atoms with Crippen LogP contribution in [0.15, 0.2) is 35.5 Å². The fourth-order valence-electron chi connectivity index (χ4n) is 3.38. The van der Waals surface area contributed by atoms with E-state index in [1.165, 1.54) is 16.7 Å². The molecule has 1 saturated heterocycles. The molecule has 2 aromatic rings. The quantitative estimate of drug-likeness (QED) is 0.346. The van der Waals surface area contributed by atoms with Gasteiger partial charge in [-0.25, -0.2) is 9.78 Å². The number of carbonyl (C=O) groups excluding carboxylic acids is 1. The van der Waals surface area contributed by atoms with Crippen molar-refractivity contribution >= 4 is 35.4 Å². The number of benzene rings is 1. The maximum absolute atomic E-state index is 12.8. The van der Waals surface area contributed by atoms with Crippen LogP contribution in [0.1, 0.15) is 35.2 Å². The number of carboxylic acid groups (broad SMARTS) is 1. The number of hydrogen-bond acceptors (Lipinski definition) is 6. The highest BCUT2D eigenvalue weighted by atomic mass is 35.5. The Labute approximate surface area is 190 Å². The van der Waals surface area contributed by atoms with E-state index in [9.17, 15) is 9.59 Å². The van der Waals surface area contributed by atoms with Gasteiger partial charge < -0.3 is 20.1 Å². The number of aromatic nitrogens is 2. The van der Waals surface area contributed by atoms with Crippen LogP contribution in [-0.2, 0) is 6.54 Å². The number of nitrogens with one attached hydrogen (secondary N) is 1. The molecule has 1 aliphatic heterocycles. The zero-order valence-electron chi connectivity index (χ0n) is 17.2. The third kappa shape index (κ3) is 6.48. The largest absolute Gasteiger partial charge is 0.477 e. The lowest BCUT2D eigenvalue weighted by Gasteiger charge is -2.29. The van der Waals surface area contributed by atoms with Crippen LogP contribution in [0, 0.1) is 5.92 Å². The van der Waals surface area contributed by atoms with Gasteiger partial charge in [-0.15, -0.1) is 0 Å². The van der Waals surface area contributed by atoms with Gasteiger partial charge >= 0.3 is 6.09 Å². The van der Waals surface area contributed by atoms with E-state index >= 15 is 0 Å². The Morgan fingerprint density at radius 2 is 1.97 bits per heavy atom. The summed E-state index contributed by atoms with van der Waals surface area (Å²) in [7, 11) is 0. The number of halogens is 1. The SMILES string of the molecule is CSc1nc(Cl)c(C(=O)NCc2ccccc2)c(OCCC2CCN(C(=O)O)CC2)n1. The monoisotopic (exact) mass is 464 g/mol. The molecule has 0 radical (unpaired) electrons. The molecule has 2 amide bonds. The average Bonchev–Trinajstić information content (AvgIpc) is 2.78. The molecule has 31 heavy (non-hydrogen) atoms. The fourth-order valence-corrected chi connectivity index (χ4v) is 4.04. The van der Waals surface area contributed by atoms with Crippen LogP contribution >= 0.6 is 23.4 Å². The normalized spacial score (nSPS) is 14.3. The van der Waals surface area contributed by atoms with Crippen molar-refractivity contribution in [3.63, 3.8) is 0 Å². The van der Waals surface area contributed by atoms with Gasteiger partial charge in [-0.3, -0.25) is 4.79 Å². The average molecular weight is 465 g/mol. The van der Waals surface area contributed by atoms with E-state index in [4.69, 9.17) is 21.4 Å². The minimum absolute atomic E-state index is 0.0506. The number of piperidine rings is 1. The van der Waals surface area contributed by atoms with Crippen LogP contribution in [0.4, 0.5) is 4.79 Å². The number of hydrogen-bond donors (Lipinski definition) is 2. The smallest absolute Gasteiger partial charge is 0.407 e. The summed E-state index contributed by atoms with van der Waals surface area (Å²) in [4.78, 5) is 33.8. The van der Waals surface area contributed by atoms with Crippen LogP contribution in [0.2, 0.25) is 5.15 Å². The zero-order chi connectivity index (χ0) is 22.2. The van der Waals surface area contributed by atoms with E-state index < -0.39 is 12.0 Å². The second kappa shape index (κ2) is 11.2. The molecule has 0 unspecified atom stereocenters. The van der Waals surface area contributed by atoms with E-state index in [1.54, 1.807) is 0 Å². The second-order valence-electron chi connectivity index (χ2n) is 7.20. The van der Waals surface area contributed by atoms with Gasteiger partial charge in [0.25, 0.3) is 5.91 Å². The van der Waals surface area contributed by atoms with Crippen LogP contribution in [0.3, 0.4) is 0 Å². The lowest BCUT2D eigenvalue weighted by atomic mass is 9.94. The van der Waals surface area contributed by atoms with Crippen LogP contribution in [-0.4, -0.2) is 57.9 Å². The Kier molecular flexibility index (Phi) is 8.36. The number of thioether (sulfide) groups is 1. The molecule has 2 N–H and O–H groups in total. The van der Waals surface area contributed by atoms with E-state index in [2.05, 4.69) is 15.3 Å². The van der Waals surface area contributed by atoms with Crippen molar-refractivity contribution in [1.82, 2.24) is 20.2 Å². The molecule has 1 fully saturated rings. The van der Waals surface area contributed by atoms with Gasteiger partial charge in [-0.05, 0) is 37.0 Å². The van der Waals surface area contributed by atoms with Crippen molar-refractivity contribution in [2.75, 3.05) is 26.0 Å². The molecule has 8 nitrogen and oxygen atoms in total. The lowest BCUT2D eigenvalue weighted by Crippen LogP contribution is -2.37. The molecule has 1 aromatic heterocycles. The number of ether oxygens (including phenoxy) is 1. The Morgan fingerprint density at radius 3 is 2.61 bits per heavy atom. The minimum Gasteiger partial charge on any atom is -0.477 e. The standard InChI is InChI=1S/C21H25ClN4O4S/c1-31-20-24-17(22)16(18(27)23-13-15-5-3-2-4-6-15)19(25-20)30-12-9-14-7-10-26(11-8-14)21(28)29/h2-6,14H,7-13H2,1H3,(H,23,27)(H,28,29). The molecular weight excluding hydrogens is 440 g/mol. The second-order valence-corrected chi connectivity index (χ2v) is 8.33. The first-order valence-corrected chi connectivity index (χ1v) is 11.6. The first-order valence-electron chi connectivity index (χ1n) is 10.0. The van der Waals surface area contributed by atoms with Crippen molar-refractivity contribution < 1.29 is 19.4 Å². The Bertz CT molecular complexity index is 908. The van der Waals surface area contributed by atoms with Crippen molar-refractivity contribution in [3.8, 4) is 5.88 Å². The molecule has 0 bridgehead atoms. The molecule has 166 valence electrons. The molecular formula is C21H25ClN4O4S. The summed E-state index contributed by atoms with van der Waals surface area (Å²) in [6.45, 7) is 1.77. The van der Waals surface area contributed by atoms with Crippen molar-refractivity contribution in [2.24, 2.45) is 5.92 Å². The molecule has 10 heteroatoms. The molecule has 2 heterocycles.